The van der Waals surface area contributed by atoms with E-state index in [0.29, 0.717) is 16.0 Å². The maximum absolute atomic E-state index is 11.2. The SMILES string of the molecule is Cn1nnc(COc2ccc(S(N)(=O)=O)cc2Br)n1. The Bertz CT molecular complexity index is 700. The van der Waals surface area contributed by atoms with E-state index in [1.54, 1.807) is 7.05 Å². The van der Waals surface area contributed by atoms with Crippen LogP contribution in [0.15, 0.2) is 27.6 Å². The molecule has 0 fully saturated rings. The van der Waals surface area contributed by atoms with Gasteiger partial charge in [-0.25, -0.2) is 13.6 Å². The number of rotatable bonds is 4. The first-order valence-corrected chi connectivity index (χ1v) is 7.38. The van der Waals surface area contributed by atoms with Crippen molar-refractivity contribution in [3.05, 3.63) is 28.5 Å². The molecule has 0 saturated heterocycles. The highest BCUT2D eigenvalue weighted by Crippen LogP contribution is 2.27. The number of primary sulfonamides is 1. The molecule has 2 aromatic rings. The van der Waals surface area contributed by atoms with Crippen molar-refractivity contribution < 1.29 is 13.2 Å². The molecular formula is C9H10BrN5O3S. The highest BCUT2D eigenvalue weighted by atomic mass is 79.9. The third kappa shape index (κ3) is 3.49. The Hall–Kier alpha value is -1.52. The molecule has 19 heavy (non-hydrogen) atoms. The molecule has 0 aliphatic heterocycles. The van der Waals surface area contributed by atoms with Gasteiger partial charge in [0.15, 0.2) is 6.61 Å². The number of tetrazole rings is 1. The molecule has 0 amide bonds. The summed E-state index contributed by atoms with van der Waals surface area (Å²) in [5.74, 6) is 0.879. The van der Waals surface area contributed by atoms with Crippen molar-refractivity contribution in [2.24, 2.45) is 12.2 Å². The molecule has 2 N–H and O–H groups in total. The van der Waals surface area contributed by atoms with Crippen molar-refractivity contribution >= 4 is 26.0 Å². The third-order valence-corrected chi connectivity index (χ3v) is 3.67. The number of hydrogen-bond acceptors (Lipinski definition) is 6. The van der Waals surface area contributed by atoms with Gasteiger partial charge in [-0.1, -0.05) is 0 Å². The fourth-order valence-electron chi connectivity index (χ4n) is 1.30. The molecule has 0 aliphatic carbocycles. The molecule has 10 heteroatoms. The number of ether oxygens (including phenoxy) is 1. The molecule has 8 nitrogen and oxygen atoms in total. The van der Waals surface area contributed by atoms with E-state index >= 15 is 0 Å². The summed E-state index contributed by atoms with van der Waals surface area (Å²) in [6, 6.07) is 4.23. The van der Waals surface area contributed by atoms with Crippen LogP contribution in [-0.4, -0.2) is 28.6 Å². The Morgan fingerprint density at radius 2 is 2.21 bits per heavy atom. The van der Waals surface area contributed by atoms with Gasteiger partial charge in [-0.2, -0.15) is 4.80 Å². The molecule has 0 saturated carbocycles. The van der Waals surface area contributed by atoms with Crippen LogP contribution >= 0.6 is 15.9 Å². The van der Waals surface area contributed by atoms with E-state index in [1.165, 1.54) is 23.0 Å². The largest absolute Gasteiger partial charge is 0.484 e. The zero-order valence-corrected chi connectivity index (χ0v) is 12.2. The topological polar surface area (TPSA) is 113 Å². The molecule has 102 valence electrons. The number of nitrogens with two attached hydrogens (primary N) is 1. The fourth-order valence-corrected chi connectivity index (χ4v) is 2.48. The summed E-state index contributed by atoms with van der Waals surface area (Å²) < 4.78 is 28.2. The second kappa shape index (κ2) is 5.23. The molecule has 1 heterocycles. The van der Waals surface area contributed by atoms with Gasteiger partial charge in [0.25, 0.3) is 0 Å². The molecule has 0 atom stereocenters. The summed E-state index contributed by atoms with van der Waals surface area (Å²) >= 11 is 3.21. The van der Waals surface area contributed by atoms with Crippen LogP contribution in [0.4, 0.5) is 0 Å². The molecule has 0 radical (unpaired) electrons. The fraction of sp³-hybridized carbons (Fsp3) is 0.222. The van der Waals surface area contributed by atoms with E-state index in [2.05, 4.69) is 31.3 Å². The average molecular weight is 348 g/mol. The van der Waals surface area contributed by atoms with Crippen molar-refractivity contribution in [2.75, 3.05) is 0 Å². The van der Waals surface area contributed by atoms with E-state index in [9.17, 15) is 8.42 Å². The van der Waals surface area contributed by atoms with Crippen molar-refractivity contribution in [3.63, 3.8) is 0 Å². The molecule has 1 aromatic carbocycles. The van der Waals surface area contributed by atoms with Gasteiger partial charge in [-0.05, 0) is 39.3 Å². The lowest BCUT2D eigenvalue weighted by molar-refractivity contribution is 0.293. The predicted octanol–water partition coefficient (Wildman–Crippen LogP) is 0.199. The molecule has 0 spiro atoms. The van der Waals surface area contributed by atoms with Crippen LogP contribution in [0.3, 0.4) is 0 Å². The maximum Gasteiger partial charge on any atom is 0.238 e. The Labute approximate surface area is 117 Å². The first-order valence-electron chi connectivity index (χ1n) is 5.04. The van der Waals surface area contributed by atoms with Gasteiger partial charge in [-0.15, -0.1) is 10.2 Å². The number of nitrogens with zero attached hydrogens (tertiary/aromatic N) is 4. The monoisotopic (exact) mass is 347 g/mol. The predicted molar refractivity (Wildman–Crippen MR) is 68.6 cm³/mol. The number of benzene rings is 1. The summed E-state index contributed by atoms with van der Waals surface area (Å²) in [5.41, 5.74) is 0. The minimum Gasteiger partial charge on any atom is -0.484 e. The van der Waals surface area contributed by atoms with Crippen molar-refractivity contribution in [1.29, 1.82) is 0 Å². The Morgan fingerprint density at radius 1 is 1.47 bits per heavy atom. The molecule has 2 rings (SSSR count). The van der Waals surface area contributed by atoms with Crippen LogP contribution in [0.2, 0.25) is 0 Å². The normalized spacial score (nSPS) is 11.5. The summed E-state index contributed by atoms with van der Waals surface area (Å²) in [7, 11) is -2.08. The van der Waals surface area contributed by atoms with Crippen LogP contribution in [0.1, 0.15) is 5.82 Å². The summed E-state index contributed by atoms with van der Waals surface area (Å²) in [4.78, 5) is 1.32. The second-order valence-electron chi connectivity index (χ2n) is 3.62. The van der Waals surface area contributed by atoms with Gasteiger partial charge in [0, 0.05) is 0 Å². The molecule has 1 aromatic heterocycles. The molecule has 0 aliphatic rings. The highest BCUT2D eigenvalue weighted by Gasteiger charge is 2.11. The summed E-state index contributed by atoms with van der Waals surface area (Å²) in [5, 5.41) is 16.4. The Morgan fingerprint density at radius 3 is 2.74 bits per heavy atom. The summed E-state index contributed by atoms with van der Waals surface area (Å²) in [6.07, 6.45) is 0. The summed E-state index contributed by atoms with van der Waals surface area (Å²) in [6.45, 7) is 0.126. The quantitative estimate of drug-likeness (QED) is 0.844. The van der Waals surface area contributed by atoms with Crippen LogP contribution in [0, 0.1) is 0 Å². The average Bonchev–Trinajstić information content (AvgIpc) is 2.72. The third-order valence-electron chi connectivity index (χ3n) is 2.14. The maximum atomic E-state index is 11.2. The first kappa shape index (κ1) is 13.9. The molecule has 0 unspecified atom stereocenters. The highest BCUT2D eigenvalue weighted by molar-refractivity contribution is 9.10. The van der Waals surface area contributed by atoms with E-state index < -0.39 is 10.0 Å². The van der Waals surface area contributed by atoms with Gasteiger partial charge in [0.1, 0.15) is 5.75 Å². The van der Waals surface area contributed by atoms with Crippen molar-refractivity contribution in [3.8, 4) is 5.75 Å². The van der Waals surface area contributed by atoms with Gasteiger partial charge in [0.2, 0.25) is 15.8 Å². The lowest BCUT2D eigenvalue weighted by Crippen LogP contribution is -2.12. The van der Waals surface area contributed by atoms with Gasteiger partial charge < -0.3 is 4.74 Å². The lowest BCUT2D eigenvalue weighted by Gasteiger charge is -2.07. The van der Waals surface area contributed by atoms with Gasteiger partial charge >= 0.3 is 0 Å². The second-order valence-corrected chi connectivity index (χ2v) is 6.04. The number of aryl methyl sites for hydroxylation is 1. The van der Waals surface area contributed by atoms with Crippen molar-refractivity contribution in [2.45, 2.75) is 11.5 Å². The van der Waals surface area contributed by atoms with Gasteiger partial charge in [0.05, 0.1) is 16.4 Å². The minimum atomic E-state index is -3.73. The Balaban J connectivity index is 2.14. The molecular weight excluding hydrogens is 338 g/mol. The first-order chi connectivity index (χ1) is 8.86. The lowest BCUT2D eigenvalue weighted by atomic mass is 10.3. The van der Waals surface area contributed by atoms with Gasteiger partial charge in [-0.3, -0.25) is 0 Å². The van der Waals surface area contributed by atoms with Crippen LogP contribution in [0.5, 0.6) is 5.75 Å². The number of sulfonamides is 1. The number of aromatic nitrogens is 4. The standard InChI is InChI=1S/C9H10BrN5O3S/c1-15-13-9(12-14-15)5-18-8-3-2-6(4-7(8)10)19(11,16)17/h2-4H,5H2,1H3,(H2,11,16,17). The van der Waals surface area contributed by atoms with Crippen LogP contribution < -0.4 is 9.88 Å². The number of hydrogen-bond donors (Lipinski definition) is 1. The zero-order valence-electron chi connectivity index (χ0n) is 9.82. The van der Waals surface area contributed by atoms with E-state index in [0.717, 1.165) is 0 Å². The smallest absolute Gasteiger partial charge is 0.238 e. The zero-order chi connectivity index (χ0) is 14.0. The van der Waals surface area contributed by atoms with Crippen LogP contribution in [0.25, 0.3) is 0 Å². The van der Waals surface area contributed by atoms with Crippen molar-refractivity contribution in [1.82, 2.24) is 20.2 Å². The minimum absolute atomic E-state index is 0.00403. The number of halogens is 1. The van der Waals surface area contributed by atoms with Crippen LogP contribution in [-0.2, 0) is 23.7 Å². The van der Waals surface area contributed by atoms with E-state index in [1.807, 2.05) is 0 Å². The van der Waals surface area contributed by atoms with E-state index in [-0.39, 0.29) is 11.5 Å². The van der Waals surface area contributed by atoms with E-state index in [4.69, 9.17) is 9.88 Å². The Kier molecular flexibility index (Phi) is 3.83. The molecule has 0 bridgehead atoms.